The first kappa shape index (κ1) is 64.6. The lowest BCUT2D eigenvalue weighted by Crippen LogP contribution is -1.97. The highest BCUT2D eigenvalue weighted by Gasteiger charge is 2.16. The van der Waals surface area contributed by atoms with Crippen LogP contribution in [0.1, 0.15) is 77.9 Å². The highest BCUT2D eigenvalue weighted by Crippen LogP contribution is 2.40. The first-order chi connectivity index (χ1) is 43.5. The molecule has 0 saturated carbocycles. The third-order valence-electron chi connectivity index (χ3n) is 17.5. The quantitative estimate of drug-likeness (QED) is 0.113. The van der Waals surface area contributed by atoms with Crippen LogP contribution in [0.5, 0.6) is 0 Å². The monoisotopic (exact) mass is 1230 g/mol. The summed E-state index contributed by atoms with van der Waals surface area (Å²) in [5, 5.41) is 8.84. The number of hydrogen-bond acceptors (Lipinski definition) is 3. The van der Waals surface area contributed by atoms with Gasteiger partial charge in [0.2, 0.25) is 0 Å². The molecule has 0 aliphatic carbocycles. The average Bonchev–Trinajstić information content (AvgIpc) is 0.861. The molecule has 0 spiro atoms. The topological polar surface area (TPSA) is 50.1 Å². The predicted molar refractivity (Wildman–Crippen MR) is 398 cm³/mol. The largest absolute Gasteiger partial charge is 0.399 e. The summed E-state index contributed by atoms with van der Waals surface area (Å²) in [7, 11) is 0. The molecule has 456 valence electrons. The minimum atomic E-state index is 0.777. The van der Waals surface area contributed by atoms with Gasteiger partial charge in [0.25, 0.3) is 0 Å². The van der Waals surface area contributed by atoms with Crippen LogP contribution in [-0.4, -0.2) is 0 Å². The van der Waals surface area contributed by atoms with Gasteiger partial charge in [0.1, 0.15) is 0 Å². The molecule has 0 saturated heterocycles. The SMILES string of the molecule is Cc1cc(Cl)ccc1-c1cc(C)c(-c2ccc(Cl)cc2C)cc1C.Cc1ccc(-c2ccc(N)cc2C)cc1.Cc1ccc(-c2ccc(Nc3ccc(-c4cc(C)c(-c5ccc(Nc6ccc(-c7ccc(C)cc7)c(C)c6)cc5C)cc4C)c(C)c3)cc2C)cc1. The van der Waals surface area contributed by atoms with Gasteiger partial charge in [-0.1, -0.05) is 179 Å². The summed E-state index contributed by atoms with van der Waals surface area (Å²) in [6.07, 6.45) is 0. The van der Waals surface area contributed by atoms with Gasteiger partial charge in [0.05, 0.1) is 0 Å². The van der Waals surface area contributed by atoms with Crippen LogP contribution in [0.25, 0.3) is 77.9 Å². The van der Waals surface area contributed by atoms with Gasteiger partial charge in [-0.25, -0.2) is 0 Å². The molecule has 91 heavy (non-hydrogen) atoms. The lowest BCUT2D eigenvalue weighted by atomic mass is 9.89. The fraction of sp³-hybridized carbons (Fsp3) is 0.163. The summed E-state index contributed by atoms with van der Waals surface area (Å²) in [4.78, 5) is 0. The zero-order valence-electron chi connectivity index (χ0n) is 55.2. The zero-order chi connectivity index (χ0) is 64.8. The molecular formula is C86H83Cl2N3. The first-order valence-electron chi connectivity index (χ1n) is 31.4. The summed E-state index contributed by atoms with van der Waals surface area (Å²) in [5.41, 5.74) is 46.1. The fourth-order valence-electron chi connectivity index (χ4n) is 12.4. The number of nitrogen functional groups attached to an aromatic ring is 1. The van der Waals surface area contributed by atoms with Crippen LogP contribution in [0.15, 0.2) is 224 Å². The van der Waals surface area contributed by atoms with Crippen molar-refractivity contribution in [3.8, 4) is 77.9 Å². The molecular weight excluding hydrogens is 1150 g/mol. The Morgan fingerprint density at radius 1 is 0.209 bits per heavy atom. The molecule has 5 heteroatoms. The van der Waals surface area contributed by atoms with Crippen molar-refractivity contribution in [3.05, 3.63) is 312 Å². The maximum Gasteiger partial charge on any atom is 0.0409 e. The molecule has 0 aromatic heterocycles. The van der Waals surface area contributed by atoms with Crippen LogP contribution < -0.4 is 16.4 Å². The van der Waals surface area contributed by atoms with Gasteiger partial charge in [-0.05, 0) is 321 Å². The summed E-state index contributed by atoms with van der Waals surface area (Å²) in [6, 6.07) is 80.2. The number of rotatable bonds is 11. The van der Waals surface area contributed by atoms with Gasteiger partial charge < -0.3 is 16.4 Å². The first-order valence-corrected chi connectivity index (χ1v) is 32.1. The average molecular weight is 1230 g/mol. The van der Waals surface area contributed by atoms with Crippen LogP contribution >= 0.6 is 23.2 Å². The molecule has 12 aromatic carbocycles. The van der Waals surface area contributed by atoms with Gasteiger partial charge >= 0.3 is 0 Å². The minimum absolute atomic E-state index is 0.777. The highest BCUT2D eigenvalue weighted by molar-refractivity contribution is 6.31. The van der Waals surface area contributed by atoms with E-state index in [-0.39, 0.29) is 0 Å². The minimum Gasteiger partial charge on any atom is -0.399 e. The second-order valence-electron chi connectivity index (χ2n) is 24.9. The maximum atomic E-state index is 6.10. The number of halogens is 2. The fourth-order valence-corrected chi connectivity index (χ4v) is 12.9. The van der Waals surface area contributed by atoms with E-state index in [1.54, 1.807) is 0 Å². The van der Waals surface area contributed by atoms with E-state index in [2.05, 4.69) is 296 Å². The Kier molecular flexibility index (Phi) is 20.0. The van der Waals surface area contributed by atoms with E-state index in [0.717, 1.165) is 38.5 Å². The third kappa shape index (κ3) is 15.4. The normalized spacial score (nSPS) is 10.9. The van der Waals surface area contributed by atoms with E-state index < -0.39 is 0 Å². The van der Waals surface area contributed by atoms with Crippen LogP contribution in [0, 0.1) is 96.9 Å². The Balaban J connectivity index is 0.000000190. The molecule has 0 unspecified atom stereocenters. The van der Waals surface area contributed by atoms with Gasteiger partial charge in [0, 0.05) is 38.5 Å². The van der Waals surface area contributed by atoms with E-state index >= 15 is 0 Å². The molecule has 0 atom stereocenters. The Hall–Kier alpha value is -9.38. The Morgan fingerprint density at radius 3 is 0.681 bits per heavy atom. The van der Waals surface area contributed by atoms with Crippen molar-refractivity contribution in [2.75, 3.05) is 16.4 Å². The number of aryl methyl sites for hydroxylation is 14. The van der Waals surface area contributed by atoms with Crippen LogP contribution in [-0.2, 0) is 0 Å². The smallest absolute Gasteiger partial charge is 0.0409 e. The van der Waals surface area contributed by atoms with E-state index in [9.17, 15) is 0 Å². The number of nitrogens with one attached hydrogen (secondary N) is 2. The molecule has 3 nitrogen and oxygen atoms in total. The molecule has 12 aromatic rings. The summed E-state index contributed by atoms with van der Waals surface area (Å²) in [5.74, 6) is 0. The van der Waals surface area contributed by atoms with Crippen molar-refractivity contribution < 1.29 is 0 Å². The van der Waals surface area contributed by atoms with Crippen molar-refractivity contribution in [2.45, 2.75) is 96.9 Å². The van der Waals surface area contributed by atoms with Crippen molar-refractivity contribution in [1.29, 1.82) is 0 Å². The van der Waals surface area contributed by atoms with Crippen LogP contribution in [0.3, 0.4) is 0 Å². The molecule has 0 bridgehead atoms. The van der Waals surface area contributed by atoms with Crippen molar-refractivity contribution in [3.63, 3.8) is 0 Å². The number of anilines is 5. The molecule has 4 N–H and O–H groups in total. The van der Waals surface area contributed by atoms with Gasteiger partial charge in [0.15, 0.2) is 0 Å². The molecule has 0 aliphatic heterocycles. The lowest BCUT2D eigenvalue weighted by Gasteiger charge is -2.18. The van der Waals surface area contributed by atoms with Gasteiger partial charge in [-0.2, -0.15) is 0 Å². The summed E-state index contributed by atoms with van der Waals surface area (Å²) >= 11 is 12.2. The third-order valence-corrected chi connectivity index (χ3v) is 18.0. The molecule has 0 heterocycles. The number of nitrogens with two attached hydrogens (primary N) is 1. The van der Waals surface area contributed by atoms with Crippen molar-refractivity contribution in [1.82, 2.24) is 0 Å². The number of hydrogen-bond donors (Lipinski definition) is 3. The maximum absolute atomic E-state index is 6.10. The number of benzene rings is 12. The standard InChI is InChI=1S/C50H48N2.C22H20Cl2.C14H15N/c1-31-9-13-39(14-10-31)45-21-17-41(25-33(45)3)51-43-19-23-47(35(5)27-43)49-29-38(8)50(30-37(49)7)48-24-20-44(28-36(48)6)52-42-18-22-46(34(4)26-42)40-15-11-32(2)12-16-40;1-13-9-17(23)5-7-19(13)21-11-16(4)22(12-15(21)3)20-8-6-18(24)10-14(20)2;1-10-3-5-12(6-4-10)14-8-7-13(15)9-11(14)2/h9-30,51-52H,1-8H3;5-12H,1-4H3;3-9H,15H2,1-2H3. The van der Waals surface area contributed by atoms with Crippen molar-refractivity contribution in [2.24, 2.45) is 0 Å². The Bertz CT molecular complexity index is 4380. The van der Waals surface area contributed by atoms with E-state index in [1.165, 1.54) is 156 Å². The molecule has 0 amide bonds. The lowest BCUT2D eigenvalue weighted by molar-refractivity contribution is 1.35. The van der Waals surface area contributed by atoms with E-state index in [1.807, 2.05) is 36.4 Å². The second-order valence-corrected chi connectivity index (χ2v) is 25.8. The van der Waals surface area contributed by atoms with Gasteiger partial charge in [-0.15, -0.1) is 0 Å². The Labute approximate surface area is 551 Å². The molecule has 12 rings (SSSR count). The van der Waals surface area contributed by atoms with Crippen LogP contribution in [0.4, 0.5) is 28.4 Å². The van der Waals surface area contributed by atoms with Gasteiger partial charge in [-0.3, -0.25) is 0 Å². The zero-order valence-corrected chi connectivity index (χ0v) is 56.7. The predicted octanol–water partition coefficient (Wildman–Crippen LogP) is 25.4. The summed E-state index contributed by atoms with van der Waals surface area (Å²) in [6.45, 7) is 30.2. The molecule has 0 aliphatic rings. The summed E-state index contributed by atoms with van der Waals surface area (Å²) < 4.78 is 0. The van der Waals surface area contributed by atoms with Crippen LogP contribution in [0.2, 0.25) is 10.0 Å². The van der Waals surface area contributed by atoms with E-state index in [4.69, 9.17) is 28.9 Å². The highest BCUT2D eigenvalue weighted by atomic mass is 35.5. The van der Waals surface area contributed by atoms with Crippen molar-refractivity contribution >= 4 is 51.6 Å². The van der Waals surface area contributed by atoms with E-state index in [0.29, 0.717) is 0 Å². The molecule has 0 fully saturated rings. The second kappa shape index (κ2) is 28.2. The molecule has 0 radical (unpaired) electrons. The Morgan fingerprint density at radius 2 is 0.429 bits per heavy atom.